The van der Waals surface area contributed by atoms with Crippen molar-refractivity contribution in [3.63, 3.8) is 0 Å². The van der Waals surface area contributed by atoms with Crippen molar-refractivity contribution in [1.29, 1.82) is 0 Å². The summed E-state index contributed by atoms with van der Waals surface area (Å²) in [6, 6.07) is 16.0. The van der Waals surface area contributed by atoms with E-state index in [9.17, 15) is 0 Å². The third-order valence-electron chi connectivity index (χ3n) is 4.27. The van der Waals surface area contributed by atoms with Crippen LogP contribution in [0.25, 0.3) is 0 Å². The van der Waals surface area contributed by atoms with Gasteiger partial charge in [-0.2, -0.15) is 0 Å². The molecule has 0 aromatic heterocycles. The molecule has 0 radical (unpaired) electrons. The number of halogens is 3. The molecule has 0 bridgehead atoms. The molecule has 0 unspecified atom stereocenters. The summed E-state index contributed by atoms with van der Waals surface area (Å²) in [4.78, 5) is 2.45. The molecular formula is C21H31Cl3N2O. The van der Waals surface area contributed by atoms with Crippen molar-refractivity contribution in [3.05, 3.63) is 64.7 Å². The average Bonchev–Trinajstić information content (AvgIpc) is 2.65. The summed E-state index contributed by atoms with van der Waals surface area (Å²) < 4.78 is 5.88. The monoisotopic (exact) mass is 432 g/mol. The van der Waals surface area contributed by atoms with Crippen molar-refractivity contribution in [2.75, 3.05) is 26.2 Å². The molecule has 0 saturated carbocycles. The van der Waals surface area contributed by atoms with Gasteiger partial charge in [-0.15, -0.1) is 24.8 Å². The number of rotatable bonds is 11. The van der Waals surface area contributed by atoms with E-state index in [1.807, 2.05) is 36.4 Å². The minimum Gasteiger partial charge on any atom is -0.489 e. The molecule has 2 aromatic rings. The van der Waals surface area contributed by atoms with Crippen molar-refractivity contribution < 1.29 is 4.74 Å². The van der Waals surface area contributed by atoms with E-state index in [-0.39, 0.29) is 24.8 Å². The standard InChI is InChI=1S/C21H29ClN2O.2ClH/c1-3-24(4-2)14-6-13-23-16-19-7-5-8-21(15-19)25-17-18-9-11-20(22)12-10-18;;/h5,7-12,15,23H,3-4,6,13-14,16-17H2,1-2H3;2*1H. The summed E-state index contributed by atoms with van der Waals surface area (Å²) in [6.45, 7) is 10.3. The van der Waals surface area contributed by atoms with Gasteiger partial charge in [-0.25, -0.2) is 0 Å². The summed E-state index contributed by atoms with van der Waals surface area (Å²) >= 11 is 5.90. The lowest BCUT2D eigenvalue weighted by atomic mass is 10.2. The normalized spacial score (nSPS) is 10.2. The van der Waals surface area contributed by atoms with Crippen LogP contribution in [-0.2, 0) is 13.2 Å². The molecule has 0 heterocycles. The molecular weight excluding hydrogens is 403 g/mol. The molecule has 0 amide bonds. The van der Waals surface area contributed by atoms with Crippen LogP contribution < -0.4 is 10.1 Å². The first kappa shape index (κ1) is 26.0. The molecule has 0 fully saturated rings. The third kappa shape index (κ3) is 10.2. The van der Waals surface area contributed by atoms with E-state index in [1.165, 1.54) is 12.0 Å². The van der Waals surface area contributed by atoms with Gasteiger partial charge in [0.25, 0.3) is 0 Å². The molecule has 0 atom stereocenters. The lowest BCUT2D eigenvalue weighted by Crippen LogP contribution is -2.27. The SMILES string of the molecule is CCN(CC)CCCNCc1cccc(OCc2ccc(Cl)cc2)c1.Cl.Cl. The van der Waals surface area contributed by atoms with Gasteiger partial charge in [0.15, 0.2) is 0 Å². The molecule has 27 heavy (non-hydrogen) atoms. The Balaban J connectivity index is 0.00000338. The highest BCUT2D eigenvalue weighted by Gasteiger charge is 2.00. The molecule has 2 aromatic carbocycles. The summed E-state index contributed by atoms with van der Waals surface area (Å²) in [5.74, 6) is 0.900. The zero-order valence-corrected chi connectivity index (χ0v) is 18.5. The molecule has 0 aliphatic rings. The third-order valence-corrected chi connectivity index (χ3v) is 4.52. The second-order valence-electron chi connectivity index (χ2n) is 6.12. The predicted molar refractivity (Wildman–Crippen MR) is 121 cm³/mol. The Morgan fingerprint density at radius 3 is 2.33 bits per heavy atom. The quantitative estimate of drug-likeness (QED) is 0.468. The molecule has 0 aliphatic heterocycles. The van der Waals surface area contributed by atoms with Gasteiger partial charge in [0.1, 0.15) is 12.4 Å². The number of benzene rings is 2. The Kier molecular flexibility index (Phi) is 14.5. The molecule has 3 nitrogen and oxygen atoms in total. The van der Waals surface area contributed by atoms with Gasteiger partial charge in [-0.1, -0.05) is 49.7 Å². The number of nitrogens with one attached hydrogen (secondary N) is 1. The van der Waals surface area contributed by atoms with E-state index in [4.69, 9.17) is 16.3 Å². The van der Waals surface area contributed by atoms with Crippen molar-refractivity contribution in [3.8, 4) is 5.75 Å². The van der Waals surface area contributed by atoms with Crippen molar-refractivity contribution in [2.45, 2.75) is 33.4 Å². The van der Waals surface area contributed by atoms with Crippen LogP contribution in [0.1, 0.15) is 31.4 Å². The van der Waals surface area contributed by atoms with E-state index in [0.717, 1.165) is 49.1 Å². The molecule has 1 N–H and O–H groups in total. The second kappa shape index (κ2) is 15.0. The molecule has 0 spiro atoms. The Bertz CT molecular complexity index is 619. The van der Waals surface area contributed by atoms with E-state index < -0.39 is 0 Å². The Morgan fingerprint density at radius 2 is 1.67 bits per heavy atom. The smallest absolute Gasteiger partial charge is 0.120 e. The first-order chi connectivity index (χ1) is 12.2. The lowest BCUT2D eigenvalue weighted by Gasteiger charge is -2.17. The zero-order chi connectivity index (χ0) is 17.9. The number of hydrogen-bond acceptors (Lipinski definition) is 3. The second-order valence-corrected chi connectivity index (χ2v) is 6.56. The minimum atomic E-state index is 0. The van der Waals surface area contributed by atoms with Crippen LogP contribution in [-0.4, -0.2) is 31.1 Å². The number of nitrogens with zero attached hydrogens (tertiary/aromatic N) is 1. The maximum absolute atomic E-state index is 5.90. The van der Waals surface area contributed by atoms with Crippen LogP contribution in [0.4, 0.5) is 0 Å². The largest absolute Gasteiger partial charge is 0.489 e. The minimum absolute atomic E-state index is 0. The topological polar surface area (TPSA) is 24.5 Å². The van der Waals surface area contributed by atoms with Crippen LogP contribution in [0.2, 0.25) is 5.02 Å². The fourth-order valence-corrected chi connectivity index (χ4v) is 2.82. The summed E-state index contributed by atoms with van der Waals surface area (Å²) in [7, 11) is 0. The van der Waals surface area contributed by atoms with E-state index in [0.29, 0.717) is 6.61 Å². The van der Waals surface area contributed by atoms with Gasteiger partial charge < -0.3 is 15.0 Å². The zero-order valence-electron chi connectivity index (χ0n) is 16.1. The van der Waals surface area contributed by atoms with Crippen molar-refractivity contribution in [2.24, 2.45) is 0 Å². The van der Waals surface area contributed by atoms with Gasteiger partial charge in [-0.05, 0) is 68.0 Å². The van der Waals surface area contributed by atoms with Gasteiger partial charge in [0.05, 0.1) is 0 Å². The molecule has 0 saturated heterocycles. The summed E-state index contributed by atoms with van der Waals surface area (Å²) in [6.07, 6.45) is 1.18. The highest BCUT2D eigenvalue weighted by Crippen LogP contribution is 2.16. The fraction of sp³-hybridized carbons (Fsp3) is 0.429. The lowest BCUT2D eigenvalue weighted by molar-refractivity contribution is 0.297. The van der Waals surface area contributed by atoms with Crippen LogP contribution >= 0.6 is 36.4 Å². The van der Waals surface area contributed by atoms with Crippen LogP contribution in [0.3, 0.4) is 0 Å². The van der Waals surface area contributed by atoms with Crippen LogP contribution in [0.15, 0.2) is 48.5 Å². The summed E-state index contributed by atoms with van der Waals surface area (Å²) in [5, 5.41) is 4.26. The predicted octanol–water partition coefficient (Wildman–Crippen LogP) is 5.58. The number of ether oxygens (including phenoxy) is 1. The average molecular weight is 434 g/mol. The molecule has 0 aliphatic carbocycles. The van der Waals surface area contributed by atoms with Crippen LogP contribution in [0, 0.1) is 0 Å². The summed E-state index contributed by atoms with van der Waals surface area (Å²) in [5.41, 5.74) is 2.36. The molecule has 2 rings (SSSR count). The Morgan fingerprint density at radius 1 is 0.963 bits per heavy atom. The number of hydrogen-bond donors (Lipinski definition) is 1. The van der Waals surface area contributed by atoms with Gasteiger partial charge >= 0.3 is 0 Å². The Hall–Kier alpha value is -0.970. The fourth-order valence-electron chi connectivity index (χ4n) is 2.69. The maximum atomic E-state index is 5.90. The highest BCUT2D eigenvalue weighted by molar-refractivity contribution is 6.30. The Labute approximate surface area is 181 Å². The van der Waals surface area contributed by atoms with Gasteiger partial charge in [0, 0.05) is 11.6 Å². The van der Waals surface area contributed by atoms with Crippen molar-refractivity contribution in [1.82, 2.24) is 10.2 Å². The van der Waals surface area contributed by atoms with Crippen molar-refractivity contribution >= 4 is 36.4 Å². The maximum Gasteiger partial charge on any atom is 0.120 e. The first-order valence-electron chi connectivity index (χ1n) is 9.10. The van der Waals surface area contributed by atoms with Gasteiger partial charge in [0.2, 0.25) is 0 Å². The molecule has 6 heteroatoms. The van der Waals surface area contributed by atoms with Crippen LogP contribution in [0.5, 0.6) is 5.75 Å². The highest BCUT2D eigenvalue weighted by atomic mass is 35.5. The van der Waals surface area contributed by atoms with Gasteiger partial charge in [-0.3, -0.25) is 0 Å². The van der Waals surface area contributed by atoms with E-state index in [1.54, 1.807) is 0 Å². The molecule has 152 valence electrons. The first-order valence-corrected chi connectivity index (χ1v) is 9.48. The van der Waals surface area contributed by atoms with E-state index in [2.05, 4.69) is 36.2 Å². The van der Waals surface area contributed by atoms with E-state index >= 15 is 0 Å².